The zero-order valence-corrected chi connectivity index (χ0v) is 17.2. The summed E-state index contributed by atoms with van der Waals surface area (Å²) in [4.78, 5) is 29.4. The summed E-state index contributed by atoms with van der Waals surface area (Å²) in [5.74, 6) is -4.08. The van der Waals surface area contributed by atoms with Gasteiger partial charge in [-0.1, -0.05) is 42.5 Å². The minimum Gasteiger partial charge on any atom is -0.362 e. The first-order valence-corrected chi connectivity index (χ1v) is 10.0. The molecule has 0 radical (unpaired) electrons. The zero-order valence-electron chi connectivity index (χ0n) is 17.2. The molecule has 32 heavy (non-hydrogen) atoms. The molecule has 2 amide bonds. The van der Waals surface area contributed by atoms with Crippen LogP contribution in [0.3, 0.4) is 0 Å². The lowest BCUT2D eigenvalue weighted by atomic mass is 10.0. The maximum absolute atomic E-state index is 13.9. The van der Waals surface area contributed by atoms with Crippen LogP contribution in [0.25, 0.3) is 5.57 Å². The van der Waals surface area contributed by atoms with E-state index in [0.29, 0.717) is 18.7 Å². The Labute approximate surface area is 183 Å². The van der Waals surface area contributed by atoms with Gasteiger partial charge in [0, 0.05) is 19.2 Å². The lowest BCUT2D eigenvalue weighted by Gasteiger charge is -2.25. The number of likely N-dealkylation sites (N-methyl/N-ethyl adjacent to an activating group) is 1. The third-order valence-corrected chi connectivity index (χ3v) is 5.27. The number of hydrogen-bond acceptors (Lipinski definition) is 3. The van der Waals surface area contributed by atoms with E-state index < -0.39 is 29.3 Å². The Balaban J connectivity index is 1.83. The van der Waals surface area contributed by atoms with Crippen molar-refractivity contribution in [3.63, 3.8) is 0 Å². The third-order valence-electron chi connectivity index (χ3n) is 5.27. The summed E-state index contributed by atoms with van der Waals surface area (Å²) in [5, 5.41) is 0. The highest BCUT2D eigenvalue weighted by atomic mass is 19.2. The Morgan fingerprint density at radius 3 is 2.12 bits per heavy atom. The van der Waals surface area contributed by atoms with Crippen LogP contribution in [0.4, 0.5) is 18.9 Å². The van der Waals surface area contributed by atoms with Crippen LogP contribution in [0.15, 0.2) is 78.5 Å². The van der Waals surface area contributed by atoms with E-state index in [-0.39, 0.29) is 17.0 Å². The number of rotatable bonds is 6. The molecule has 0 saturated carbocycles. The van der Waals surface area contributed by atoms with Crippen molar-refractivity contribution in [1.29, 1.82) is 0 Å². The van der Waals surface area contributed by atoms with Crippen molar-refractivity contribution in [2.45, 2.75) is 13.5 Å². The van der Waals surface area contributed by atoms with Crippen molar-refractivity contribution in [3.05, 3.63) is 107 Å². The number of carbonyl (C=O) groups is 2. The van der Waals surface area contributed by atoms with Crippen LogP contribution < -0.4 is 4.90 Å². The summed E-state index contributed by atoms with van der Waals surface area (Å²) in [6.07, 6.45) is 0. The summed E-state index contributed by atoms with van der Waals surface area (Å²) in [7, 11) is 0. The highest BCUT2D eigenvalue weighted by Crippen LogP contribution is 2.35. The van der Waals surface area contributed by atoms with Gasteiger partial charge in [-0.05, 0) is 42.3 Å². The van der Waals surface area contributed by atoms with E-state index in [1.807, 2.05) is 37.3 Å². The quantitative estimate of drug-likeness (QED) is 0.516. The largest absolute Gasteiger partial charge is 0.362 e. The van der Waals surface area contributed by atoms with Crippen molar-refractivity contribution < 1.29 is 22.8 Å². The van der Waals surface area contributed by atoms with E-state index in [1.165, 1.54) is 30.3 Å². The SMILES string of the molecule is CCN(Cc1ccccc1)C1=C(c2ccc(F)cc2)C(=O)N(c2ccc(F)c(F)c2)C1=O. The molecule has 0 fully saturated rings. The van der Waals surface area contributed by atoms with E-state index in [0.717, 1.165) is 22.6 Å². The van der Waals surface area contributed by atoms with Crippen molar-refractivity contribution in [2.75, 3.05) is 11.4 Å². The Morgan fingerprint density at radius 2 is 1.50 bits per heavy atom. The zero-order chi connectivity index (χ0) is 22.8. The molecule has 3 aromatic rings. The van der Waals surface area contributed by atoms with Gasteiger partial charge in [0.2, 0.25) is 0 Å². The van der Waals surface area contributed by atoms with Gasteiger partial charge in [0.25, 0.3) is 11.8 Å². The number of benzene rings is 3. The van der Waals surface area contributed by atoms with Crippen LogP contribution in [-0.4, -0.2) is 23.3 Å². The predicted octanol–water partition coefficient (Wildman–Crippen LogP) is 4.91. The van der Waals surface area contributed by atoms with Gasteiger partial charge in [-0.15, -0.1) is 0 Å². The predicted molar refractivity (Wildman–Crippen MR) is 115 cm³/mol. The number of nitrogens with zero attached hydrogens (tertiary/aromatic N) is 2. The van der Waals surface area contributed by atoms with Gasteiger partial charge in [-0.2, -0.15) is 0 Å². The van der Waals surface area contributed by atoms with Crippen LogP contribution in [0.2, 0.25) is 0 Å². The fourth-order valence-corrected chi connectivity index (χ4v) is 3.70. The molecule has 0 bridgehead atoms. The molecule has 162 valence electrons. The fourth-order valence-electron chi connectivity index (χ4n) is 3.70. The monoisotopic (exact) mass is 436 g/mol. The van der Waals surface area contributed by atoms with E-state index >= 15 is 0 Å². The second kappa shape index (κ2) is 8.70. The Hall–Kier alpha value is -3.87. The number of amides is 2. The van der Waals surface area contributed by atoms with Gasteiger partial charge in [0.1, 0.15) is 11.5 Å². The molecule has 1 heterocycles. The molecule has 7 heteroatoms. The molecule has 0 spiro atoms. The number of hydrogen-bond donors (Lipinski definition) is 0. The molecule has 0 atom stereocenters. The second-order valence-corrected chi connectivity index (χ2v) is 7.27. The number of carbonyl (C=O) groups excluding carboxylic acids is 2. The van der Waals surface area contributed by atoms with Gasteiger partial charge in [-0.3, -0.25) is 9.59 Å². The second-order valence-electron chi connectivity index (χ2n) is 7.27. The fraction of sp³-hybridized carbons (Fsp3) is 0.120. The highest BCUT2D eigenvalue weighted by Gasteiger charge is 2.42. The van der Waals surface area contributed by atoms with Gasteiger partial charge in [0.15, 0.2) is 11.6 Å². The molecule has 3 aromatic carbocycles. The maximum atomic E-state index is 13.9. The lowest BCUT2D eigenvalue weighted by Crippen LogP contribution is -2.35. The Morgan fingerprint density at radius 1 is 0.812 bits per heavy atom. The number of halogens is 3. The van der Waals surface area contributed by atoms with Gasteiger partial charge < -0.3 is 4.90 Å². The van der Waals surface area contributed by atoms with Crippen molar-refractivity contribution in [2.24, 2.45) is 0 Å². The first-order chi connectivity index (χ1) is 15.4. The van der Waals surface area contributed by atoms with E-state index in [9.17, 15) is 22.8 Å². The number of imide groups is 1. The van der Waals surface area contributed by atoms with Crippen molar-refractivity contribution >= 4 is 23.1 Å². The smallest absolute Gasteiger partial charge is 0.282 e. The third kappa shape index (κ3) is 3.89. The molecule has 1 aliphatic heterocycles. The average Bonchev–Trinajstić information content (AvgIpc) is 3.05. The molecular weight excluding hydrogens is 417 g/mol. The standard InChI is InChI=1S/C25H19F3N2O2/c1-2-29(15-16-6-4-3-5-7-16)23-22(17-8-10-18(26)11-9-17)24(31)30(25(23)32)19-12-13-20(27)21(28)14-19/h3-14H,2,15H2,1H3. The Bertz CT molecular complexity index is 1210. The van der Waals surface area contributed by atoms with Crippen molar-refractivity contribution in [3.8, 4) is 0 Å². The topological polar surface area (TPSA) is 40.6 Å². The molecule has 0 N–H and O–H groups in total. The molecule has 1 aliphatic rings. The van der Waals surface area contributed by atoms with Gasteiger partial charge in [-0.25, -0.2) is 18.1 Å². The van der Waals surface area contributed by atoms with Crippen LogP contribution in [-0.2, 0) is 16.1 Å². The average molecular weight is 436 g/mol. The summed E-state index contributed by atoms with van der Waals surface area (Å²) in [6.45, 7) is 2.60. The van der Waals surface area contributed by atoms with Gasteiger partial charge in [0.05, 0.1) is 11.3 Å². The van der Waals surface area contributed by atoms with E-state index in [1.54, 1.807) is 4.90 Å². The Kier molecular flexibility index (Phi) is 5.81. The summed E-state index contributed by atoms with van der Waals surface area (Å²) in [5.41, 5.74) is 1.41. The number of anilines is 1. The first-order valence-electron chi connectivity index (χ1n) is 10.0. The summed E-state index contributed by atoms with van der Waals surface area (Å²) in [6, 6.07) is 17.5. The van der Waals surface area contributed by atoms with Crippen LogP contribution in [0.5, 0.6) is 0 Å². The summed E-state index contributed by atoms with van der Waals surface area (Å²) < 4.78 is 40.8. The molecular formula is C25H19F3N2O2. The molecule has 0 aliphatic carbocycles. The first kappa shape index (κ1) is 21.4. The van der Waals surface area contributed by atoms with E-state index in [4.69, 9.17) is 0 Å². The molecule has 4 nitrogen and oxygen atoms in total. The van der Waals surface area contributed by atoms with E-state index in [2.05, 4.69) is 0 Å². The summed E-state index contributed by atoms with van der Waals surface area (Å²) >= 11 is 0. The molecule has 0 saturated heterocycles. The highest BCUT2D eigenvalue weighted by molar-refractivity contribution is 6.45. The van der Waals surface area contributed by atoms with Crippen LogP contribution >= 0.6 is 0 Å². The molecule has 4 rings (SSSR count). The van der Waals surface area contributed by atoms with Gasteiger partial charge >= 0.3 is 0 Å². The lowest BCUT2D eigenvalue weighted by molar-refractivity contribution is -0.120. The van der Waals surface area contributed by atoms with Crippen molar-refractivity contribution in [1.82, 2.24) is 4.90 Å². The normalized spacial score (nSPS) is 13.8. The maximum Gasteiger partial charge on any atom is 0.282 e. The van der Waals surface area contributed by atoms with Crippen LogP contribution in [0.1, 0.15) is 18.1 Å². The minimum absolute atomic E-state index is 0.0794. The van der Waals surface area contributed by atoms with Crippen LogP contribution in [0, 0.1) is 17.5 Å². The molecule has 0 aromatic heterocycles. The molecule has 0 unspecified atom stereocenters. The minimum atomic E-state index is -1.17.